The SMILES string of the molecule is CCOc1ccc(-c2nnc(-c3cc(Cl)c(OC[C@H]4[C@@H](C)OC(C)(C)N4C(=O)OC(C)(C)C)c(Cl)c3)s2)cc1OCC. The molecule has 0 saturated carbocycles. The van der Waals surface area contributed by atoms with Gasteiger partial charge in [0.2, 0.25) is 0 Å². The van der Waals surface area contributed by atoms with Crippen LogP contribution in [-0.2, 0) is 9.47 Å². The van der Waals surface area contributed by atoms with E-state index in [0.717, 1.165) is 5.56 Å². The molecule has 4 rings (SSSR count). The first-order valence-corrected chi connectivity index (χ1v) is 15.4. The quantitative estimate of drug-likeness (QED) is 0.232. The molecule has 9 nitrogen and oxygen atoms in total. The molecule has 1 fully saturated rings. The number of carbonyl (C=O) groups excluding carboxylic acids is 1. The number of hydrogen-bond acceptors (Lipinski definition) is 9. The molecule has 0 radical (unpaired) electrons. The highest BCUT2D eigenvalue weighted by atomic mass is 35.5. The van der Waals surface area contributed by atoms with Gasteiger partial charge in [-0.3, -0.25) is 4.90 Å². The van der Waals surface area contributed by atoms with Gasteiger partial charge in [0, 0.05) is 11.1 Å². The topological polar surface area (TPSA) is 92.2 Å². The summed E-state index contributed by atoms with van der Waals surface area (Å²) in [5, 5.41) is 10.7. The smallest absolute Gasteiger partial charge is 0.413 e. The second-order valence-corrected chi connectivity index (χ2v) is 13.0. The van der Waals surface area contributed by atoms with Crippen LogP contribution in [0.3, 0.4) is 0 Å². The number of benzene rings is 2. The minimum absolute atomic E-state index is 0.103. The third-order valence-electron chi connectivity index (χ3n) is 6.38. The molecule has 1 aromatic heterocycles. The summed E-state index contributed by atoms with van der Waals surface area (Å²) in [6, 6.07) is 8.73. The molecule has 2 aromatic carbocycles. The molecule has 0 unspecified atom stereocenters. The van der Waals surface area contributed by atoms with E-state index in [-0.39, 0.29) is 12.7 Å². The third-order valence-corrected chi connectivity index (χ3v) is 7.96. The number of nitrogens with zero attached hydrogens (tertiary/aromatic N) is 3. The van der Waals surface area contributed by atoms with Crippen molar-refractivity contribution in [3.05, 3.63) is 40.4 Å². The highest BCUT2D eigenvalue weighted by molar-refractivity contribution is 7.17. The summed E-state index contributed by atoms with van der Waals surface area (Å²) in [7, 11) is 0. The van der Waals surface area contributed by atoms with Crippen LogP contribution in [-0.4, -0.2) is 64.5 Å². The van der Waals surface area contributed by atoms with Crippen LogP contribution in [0.1, 0.15) is 55.4 Å². The van der Waals surface area contributed by atoms with Crippen molar-refractivity contribution in [2.75, 3.05) is 19.8 Å². The van der Waals surface area contributed by atoms with E-state index in [4.69, 9.17) is 46.9 Å². The Labute approximate surface area is 261 Å². The Morgan fingerprint density at radius 2 is 1.57 bits per heavy atom. The Bertz CT molecular complexity index is 1400. The average molecular weight is 639 g/mol. The summed E-state index contributed by atoms with van der Waals surface area (Å²) in [6.45, 7) is 16.0. The first-order chi connectivity index (χ1) is 19.7. The molecule has 1 aliphatic rings. The van der Waals surface area contributed by atoms with Gasteiger partial charge in [-0.05, 0) is 85.7 Å². The van der Waals surface area contributed by atoms with Gasteiger partial charge >= 0.3 is 6.09 Å². The van der Waals surface area contributed by atoms with Crippen molar-refractivity contribution >= 4 is 40.6 Å². The lowest BCUT2D eigenvalue weighted by atomic mass is 10.1. The molecule has 0 aliphatic carbocycles. The van der Waals surface area contributed by atoms with E-state index >= 15 is 0 Å². The van der Waals surface area contributed by atoms with Crippen LogP contribution >= 0.6 is 34.5 Å². The van der Waals surface area contributed by atoms with Crippen molar-refractivity contribution in [3.8, 4) is 38.4 Å². The van der Waals surface area contributed by atoms with E-state index in [0.29, 0.717) is 56.1 Å². The number of amides is 1. The number of hydrogen-bond donors (Lipinski definition) is 0. The zero-order chi connectivity index (χ0) is 30.8. The maximum Gasteiger partial charge on any atom is 0.413 e. The molecule has 1 amide bonds. The predicted molar refractivity (Wildman–Crippen MR) is 165 cm³/mol. The van der Waals surface area contributed by atoms with Gasteiger partial charge in [-0.1, -0.05) is 34.5 Å². The van der Waals surface area contributed by atoms with Crippen LogP contribution in [0.25, 0.3) is 21.1 Å². The molecule has 0 spiro atoms. The Hall–Kier alpha value is -2.79. The molecule has 1 aliphatic heterocycles. The lowest BCUT2D eigenvalue weighted by molar-refractivity contribution is -0.0760. The van der Waals surface area contributed by atoms with Crippen LogP contribution in [0.5, 0.6) is 17.2 Å². The van der Waals surface area contributed by atoms with Crippen LogP contribution in [0.15, 0.2) is 30.3 Å². The molecular weight excluding hydrogens is 601 g/mol. The summed E-state index contributed by atoms with van der Waals surface area (Å²) in [4.78, 5) is 14.6. The Morgan fingerprint density at radius 1 is 0.976 bits per heavy atom. The Morgan fingerprint density at radius 3 is 2.17 bits per heavy atom. The minimum Gasteiger partial charge on any atom is -0.490 e. The predicted octanol–water partition coefficient (Wildman–Crippen LogP) is 8.12. The van der Waals surface area contributed by atoms with Crippen molar-refractivity contribution in [3.63, 3.8) is 0 Å². The van der Waals surface area contributed by atoms with Crippen molar-refractivity contribution in [1.82, 2.24) is 15.1 Å². The number of rotatable bonds is 9. The van der Waals surface area contributed by atoms with Gasteiger partial charge in [0.1, 0.15) is 27.9 Å². The summed E-state index contributed by atoms with van der Waals surface area (Å²) in [6.07, 6.45) is -0.791. The van der Waals surface area contributed by atoms with Crippen LogP contribution in [0, 0.1) is 0 Å². The molecule has 228 valence electrons. The van der Waals surface area contributed by atoms with Gasteiger partial charge in [0.05, 0.1) is 35.4 Å². The van der Waals surface area contributed by atoms with E-state index in [9.17, 15) is 4.79 Å². The van der Waals surface area contributed by atoms with Crippen molar-refractivity contribution in [1.29, 1.82) is 0 Å². The molecule has 2 heterocycles. The number of ether oxygens (including phenoxy) is 5. The maximum atomic E-state index is 13.1. The Balaban J connectivity index is 1.53. The summed E-state index contributed by atoms with van der Waals surface area (Å²) < 4.78 is 29.2. The van der Waals surface area contributed by atoms with Crippen molar-refractivity contribution in [2.45, 2.75) is 78.9 Å². The molecular formula is C30H37Cl2N3O6S. The van der Waals surface area contributed by atoms with E-state index in [2.05, 4.69) is 10.2 Å². The van der Waals surface area contributed by atoms with Gasteiger partial charge < -0.3 is 23.7 Å². The average Bonchev–Trinajstić information content (AvgIpc) is 3.45. The van der Waals surface area contributed by atoms with Crippen LogP contribution < -0.4 is 14.2 Å². The number of halogens is 2. The van der Waals surface area contributed by atoms with Gasteiger partial charge in [0.25, 0.3) is 0 Å². The lowest BCUT2D eigenvalue weighted by Crippen LogP contribution is -2.52. The molecule has 0 bridgehead atoms. The molecule has 3 aromatic rings. The summed E-state index contributed by atoms with van der Waals surface area (Å²) in [5.74, 6) is 1.64. The molecule has 0 N–H and O–H groups in total. The minimum atomic E-state index is -0.879. The molecule has 1 saturated heterocycles. The van der Waals surface area contributed by atoms with Crippen LogP contribution in [0.2, 0.25) is 10.0 Å². The van der Waals surface area contributed by atoms with Gasteiger partial charge in [-0.25, -0.2) is 4.79 Å². The zero-order valence-electron chi connectivity index (χ0n) is 25.1. The zero-order valence-corrected chi connectivity index (χ0v) is 27.4. The fourth-order valence-electron chi connectivity index (χ4n) is 4.71. The van der Waals surface area contributed by atoms with Crippen molar-refractivity contribution in [2.24, 2.45) is 0 Å². The highest BCUT2D eigenvalue weighted by Crippen LogP contribution is 2.41. The molecule has 12 heteroatoms. The number of aromatic nitrogens is 2. The largest absolute Gasteiger partial charge is 0.490 e. The first-order valence-electron chi connectivity index (χ1n) is 13.8. The maximum absolute atomic E-state index is 13.1. The van der Waals surface area contributed by atoms with Gasteiger partial charge in [0.15, 0.2) is 17.2 Å². The fraction of sp³-hybridized carbons (Fsp3) is 0.500. The summed E-state index contributed by atoms with van der Waals surface area (Å²) in [5.41, 5.74) is 0.0187. The first kappa shape index (κ1) is 32.1. The normalized spacial score (nSPS) is 18.2. The summed E-state index contributed by atoms with van der Waals surface area (Å²) >= 11 is 14.7. The third kappa shape index (κ3) is 7.22. The van der Waals surface area contributed by atoms with E-state index in [1.54, 1.807) is 17.0 Å². The fourth-order valence-corrected chi connectivity index (χ4v) is 6.13. The monoisotopic (exact) mass is 637 g/mol. The standard InChI is InChI=1S/C30H37Cl2N3O6S/c1-9-37-23-12-11-18(15-24(23)38-10-2)26-33-34-27(42-26)19-13-20(31)25(21(32)14-19)39-16-22-17(3)40-30(7,8)35(22)28(36)41-29(4,5)6/h11-15,17,22H,9-10,16H2,1-8H3/t17-,22+/m1/s1. The molecule has 42 heavy (non-hydrogen) atoms. The second-order valence-electron chi connectivity index (χ2n) is 11.2. The Kier molecular flexibility index (Phi) is 9.82. The molecule has 2 atom stereocenters. The van der Waals surface area contributed by atoms with Crippen LogP contribution in [0.4, 0.5) is 4.79 Å². The van der Waals surface area contributed by atoms with Gasteiger partial charge in [-0.15, -0.1) is 10.2 Å². The van der Waals surface area contributed by atoms with E-state index in [1.807, 2.05) is 73.6 Å². The van der Waals surface area contributed by atoms with E-state index < -0.39 is 23.5 Å². The highest BCUT2D eigenvalue weighted by Gasteiger charge is 2.50. The van der Waals surface area contributed by atoms with Crippen molar-refractivity contribution < 1.29 is 28.5 Å². The number of carbonyl (C=O) groups is 1. The second kappa shape index (κ2) is 12.8. The van der Waals surface area contributed by atoms with E-state index in [1.165, 1.54) is 11.3 Å². The van der Waals surface area contributed by atoms with Gasteiger partial charge in [-0.2, -0.15) is 0 Å². The lowest BCUT2D eigenvalue weighted by Gasteiger charge is -2.35.